The van der Waals surface area contributed by atoms with Gasteiger partial charge in [-0.25, -0.2) is 0 Å². The number of aromatic nitrogens is 1. The summed E-state index contributed by atoms with van der Waals surface area (Å²) in [6, 6.07) is 34.9. The minimum atomic E-state index is -0.287. The first-order valence-corrected chi connectivity index (χ1v) is 18.2. The zero-order valence-electron chi connectivity index (χ0n) is 30.1. The molecule has 0 unspecified atom stereocenters. The van der Waals surface area contributed by atoms with Crippen molar-refractivity contribution in [1.82, 2.24) is 14.4 Å². The molecule has 2 N–H and O–H groups in total. The van der Waals surface area contributed by atoms with Gasteiger partial charge in [0, 0.05) is 48.2 Å². The van der Waals surface area contributed by atoms with Gasteiger partial charge in [0.15, 0.2) is 11.5 Å². The molecule has 1 saturated heterocycles. The fourth-order valence-electron chi connectivity index (χ4n) is 7.91. The number of ether oxygens (including phenoxy) is 1. The smallest absolute Gasteiger partial charge is 0.265 e. The number of fused-ring (bicyclic) bond motifs is 2. The second kappa shape index (κ2) is 15.7. The van der Waals surface area contributed by atoms with E-state index in [0.717, 1.165) is 44.5 Å². The second-order valence-corrected chi connectivity index (χ2v) is 13.9. The van der Waals surface area contributed by atoms with E-state index in [4.69, 9.17) is 4.74 Å². The van der Waals surface area contributed by atoms with Crippen LogP contribution in [0.2, 0.25) is 0 Å². The predicted molar refractivity (Wildman–Crippen MR) is 214 cm³/mol. The van der Waals surface area contributed by atoms with Crippen LogP contribution in [0.15, 0.2) is 121 Å². The second-order valence-electron chi connectivity index (χ2n) is 13.9. The number of hydrogen-bond acceptors (Lipinski definition) is 6. The van der Waals surface area contributed by atoms with Crippen LogP contribution in [0.3, 0.4) is 0 Å². The van der Waals surface area contributed by atoms with Crippen molar-refractivity contribution in [3.63, 3.8) is 0 Å². The van der Waals surface area contributed by atoms with Crippen LogP contribution in [-0.4, -0.2) is 69.2 Å². The van der Waals surface area contributed by atoms with Gasteiger partial charge >= 0.3 is 0 Å². The number of methoxy groups -OCH3 is 1. The summed E-state index contributed by atoms with van der Waals surface area (Å²) in [5, 5.41) is 21.9. The van der Waals surface area contributed by atoms with Crippen LogP contribution < -0.4 is 9.64 Å². The molecule has 0 radical (unpaired) electrons. The van der Waals surface area contributed by atoms with E-state index in [1.54, 1.807) is 41.4 Å². The Kier molecular flexibility index (Phi) is 10.6. The highest BCUT2D eigenvalue weighted by Crippen LogP contribution is 2.38. The molecule has 54 heavy (non-hydrogen) atoms. The highest BCUT2D eigenvalue weighted by Gasteiger charge is 2.34. The fourth-order valence-corrected chi connectivity index (χ4v) is 7.91. The number of phenols is 2. The van der Waals surface area contributed by atoms with E-state index in [1.807, 2.05) is 70.1 Å². The Morgan fingerprint density at radius 3 is 2.19 bits per heavy atom. The Balaban J connectivity index is 0.00000450. The lowest BCUT2D eigenvalue weighted by molar-refractivity contribution is 0.0565. The minimum absolute atomic E-state index is 0. The molecule has 2 aliphatic heterocycles. The Morgan fingerprint density at radius 2 is 1.44 bits per heavy atom. The molecule has 6 aromatic rings. The van der Waals surface area contributed by atoms with Crippen LogP contribution >= 0.6 is 12.4 Å². The quantitative estimate of drug-likeness (QED) is 0.162. The molecule has 0 spiro atoms. The third-order valence-corrected chi connectivity index (χ3v) is 10.6. The lowest BCUT2D eigenvalue weighted by Gasteiger charge is -2.40. The van der Waals surface area contributed by atoms with E-state index in [2.05, 4.69) is 23.1 Å². The third kappa shape index (κ3) is 7.00. The summed E-state index contributed by atoms with van der Waals surface area (Å²) in [7, 11) is 1.48. The SMILES string of the molecule is COc1cc(-n2cc(C(=O)N(c3ccccc3)c3ccc(O)cc3)c3ccccc32)c(C(=O)N2Cc3ccccc3C[C@H]2CN2CCCCC2)cc1O.Cl. The van der Waals surface area contributed by atoms with E-state index in [-0.39, 0.29) is 47.5 Å². The molecule has 0 saturated carbocycles. The van der Waals surface area contributed by atoms with E-state index >= 15 is 4.79 Å². The predicted octanol–water partition coefficient (Wildman–Crippen LogP) is 8.50. The third-order valence-electron chi connectivity index (χ3n) is 10.6. The molecule has 276 valence electrons. The first-order valence-electron chi connectivity index (χ1n) is 18.2. The number of aromatic hydroxyl groups is 2. The average molecular weight is 743 g/mol. The highest BCUT2D eigenvalue weighted by molar-refractivity contribution is 6.17. The number of benzene rings is 5. The van der Waals surface area contributed by atoms with Crippen LogP contribution in [0.5, 0.6) is 17.2 Å². The topological polar surface area (TPSA) is 98.5 Å². The standard InChI is InChI=1S/C44H42N4O5.ClH/c1-53-42-26-40(37(25-41(42)50)43(51)46-27-31-13-7-6-12-30(31)24-34(46)28-45-22-10-3-11-23-45)47-29-38(36-16-8-9-17-39(36)47)44(52)48(32-14-4-2-5-15-32)33-18-20-35(49)21-19-33;/h2,4-9,12-21,25-26,29,34,49-50H,3,10-11,22-24,27-28H2,1H3;1H/t34-;/m0./s1. The average Bonchev–Trinajstić information content (AvgIpc) is 3.58. The number of amides is 2. The van der Waals surface area contributed by atoms with Crippen LogP contribution in [0.25, 0.3) is 16.6 Å². The van der Waals surface area contributed by atoms with Gasteiger partial charge in [-0.05, 0) is 92.0 Å². The number of nitrogens with zero attached hydrogens (tertiary/aromatic N) is 4. The lowest BCUT2D eigenvalue weighted by Crippen LogP contribution is -2.51. The van der Waals surface area contributed by atoms with Gasteiger partial charge in [0.05, 0.1) is 29.4 Å². The molecule has 9 nitrogen and oxygen atoms in total. The first-order chi connectivity index (χ1) is 25.9. The van der Waals surface area contributed by atoms with Gasteiger partial charge in [0.1, 0.15) is 5.75 Å². The Morgan fingerprint density at radius 1 is 0.778 bits per heavy atom. The van der Waals surface area contributed by atoms with Gasteiger partial charge in [-0.2, -0.15) is 0 Å². The van der Waals surface area contributed by atoms with Gasteiger partial charge < -0.3 is 29.3 Å². The van der Waals surface area contributed by atoms with Gasteiger partial charge in [0.2, 0.25) is 0 Å². The van der Waals surface area contributed by atoms with Crippen molar-refractivity contribution in [2.45, 2.75) is 38.3 Å². The van der Waals surface area contributed by atoms with Crippen molar-refractivity contribution in [2.75, 3.05) is 31.6 Å². The minimum Gasteiger partial charge on any atom is -0.508 e. The number of anilines is 2. The van der Waals surface area contributed by atoms with Gasteiger partial charge in [-0.1, -0.05) is 67.1 Å². The summed E-state index contributed by atoms with van der Waals surface area (Å²) in [5.41, 5.74) is 5.55. The van der Waals surface area contributed by atoms with Crippen molar-refractivity contribution in [3.8, 4) is 22.9 Å². The molecule has 10 heteroatoms. The lowest BCUT2D eigenvalue weighted by atomic mass is 9.92. The Bertz CT molecular complexity index is 2280. The zero-order chi connectivity index (χ0) is 36.5. The number of para-hydroxylation sites is 2. The van der Waals surface area contributed by atoms with Crippen molar-refractivity contribution in [3.05, 3.63) is 144 Å². The van der Waals surface area contributed by atoms with Crippen molar-refractivity contribution < 1.29 is 24.5 Å². The van der Waals surface area contributed by atoms with Crippen molar-refractivity contribution in [1.29, 1.82) is 0 Å². The number of phenolic OH excluding ortho intramolecular Hbond substituents is 2. The Labute approximate surface area is 321 Å². The molecule has 8 rings (SSSR count). The number of likely N-dealkylation sites (tertiary alicyclic amines) is 1. The fraction of sp³-hybridized carbons (Fsp3) is 0.227. The maximum absolute atomic E-state index is 15.0. The molecule has 0 aliphatic carbocycles. The monoisotopic (exact) mass is 742 g/mol. The molecule has 1 aromatic heterocycles. The normalized spacial score (nSPS) is 15.6. The summed E-state index contributed by atoms with van der Waals surface area (Å²) in [6.45, 7) is 3.26. The number of halogens is 1. The number of hydrogen-bond donors (Lipinski definition) is 2. The van der Waals surface area contributed by atoms with Gasteiger partial charge in [-0.3, -0.25) is 14.5 Å². The number of piperidine rings is 1. The molecule has 2 aliphatic rings. The summed E-state index contributed by atoms with van der Waals surface area (Å²) >= 11 is 0. The van der Waals surface area contributed by atoms with E-state index in [9.17, 15) is 15.0 Å². The molecule has 1 atom stereocenters. The number of carbonyl (C=O) groups is 2. The molecule has 5 aromatic carbocycles. The van der Waals surface area contributed by atoms with Crippen molar-refractivity contribution in [2.24, 2.45) is 0 Å². The van der Waals surface area contributed by atoms with E-state index in [0.29, 0.717) is 45.6 Å². The van der Waals surface area contributed by atoms with Gasteiger partial charge in [-0.15, -0.1) is 12.4 Å². The summed E-state index contributed by atoms with van der Waals surface area (Å²) in [4.78, 5) is 35.9. The maximum atomic E-state index is 15.0. The number of rotatable bonds is 8. The van der Waals surface area contributed by atoms with Gasteiger partial charge in [0.25, 0.3) is 11.8 Å². The largest absolute Gasteiger partial charge is 0.508 e. The van der Waals surface area contributed by atoms with E-state index < -0.39 is 0 Å². The molecular weight excluding hydrogens is 700 g/mol. The zero-order valence-corrected chi connectivity index (χ0v) is 30.9. The molecular formula is C44H43ClN4O5. The highest BCUT2D eigenvalue weighted by atomic mass is 35.5. The van der Waals surface area contributed by atoms with E-state index in [1.165, 1.54) is 25.2 Å². The summed E-state index contributed by atoms with van der Waals surface area (Å²) in [6.07, 6.45) is 6.05. The molecule has 3 heterocycles. The molecule has 2 amide bonds. The Hall–Kier alpha value is -5.77. The first kappa shape index (κ1) is 36.6. The van der Waals surface area contributed by atoms with Crippen LogP contribution in [-0.2, 0) is 13.0 Å². The summed E-state index contributed by atoms with van der Waals surface area (Å²) < 4.78 is 7.45. The maximum Gasteiger partial charge on any atom is 0.265 e. The number of carbonyl (C=O) groups excluding carboxylic acids is 2. The molecule has 0 bridgehead atoms. The van der Waals surface area contributed by atoms with Crippen LogP contribution in [0, 0.1) is 0 Å². The molecule has 1 fully saturated rings. The van der Waals surface area contributed by atoms with Crippen molar-refractivity contribution >= 4 is 46.5 Å². The summed E-state index contributed by atoms with van der Waals surface area (Å²) in [5.74, 6) is -0.314. The van der Waals surface area contributed by atoms with Crippen LogP contribution in [0.4, 0.5) is 11.4 Å². The van der Waals surface area contributed by atoms with Crippen LogP contribution in [0.1, 0.15) is 51.1 Å².